The van der Waals surface area contributed by atoms with Crippen molar-refractivity contribution in [1.82, 2.24) is 15.8 Å². The van der Waals surface area contributed by atoms with Crippen molar-refractivity contribution in [2.45, 2.75) is 24.3 Å². The number of hydrogen-bond acceptors (Lipinski definition) is 5. The van der Waals surface area contributed by atoms with Crippen LogP contribution in [-0.4, -0.2) is 34.5 Å². The molecule has 3 N–H and O–H groups in total. The Hall–Kier alpha value is -3.33. The van der Waals surface area contributed by atoms with Crippen LogP contribution in [0.4, 0.5) is 10.5 Å². The van der Waals surface area contributed by atoms with Crippen LogP contribution in [0.25, 0.3) is 0 Å². The number of anilines is 1. The van der Waals surface area contributed by atoms with E-state index in [1.165, 1.54) is 18.7 Å². The molecular weight excluding hydrogens is 392 g/mol. The summed E-state index contributed by atoms with van der Waals surface area (Å²) in [7, 11) is 0. The Bertz CT molecular complexity index is 949. The number of urea groups is 1. The second kappa shape index (κ2) is 8.36. The van der Waals surface area contributed by atoms with Gasteiger partial charge in [-0.05, 0) is 36.8 Å². The molecule has 1 saturated heterocycles. The fourth-order valence-corrected chi connectivity index (χ4v) is 3.54. The number of hydrazine groups is 1. The Morgan fingerprint density at radius 1 is 1.07 bits per heavy atom. The zero-order chi connectivity index (χ0) is 21.0. The first-order valence-electron chi connectivity index (χ1n) is 8.82. The van der Waals surface area contributed by atoms with Gasteiger partial charge in [0.25, 0.3) is 5.91 Å². The number of carbonyl (C=O) groups excluding carboxylic acids is 4. The van der Waals surface area contributed by atoms with Crippen molar-refractivity contribution in [3.63, 3.8) is 0 Å². The Morgan fingerprint density at radius 2 is 1.72 bits per heavy atom. The zero-order valence-corrected chi connectivity index (χ0v) is 16.7. The van der Waals surface area contributed by atoms with E-state index in [1.54, 1.807) is 55.5 Å². The topological polar surface area (TPSA) is 108 Å². The third-order valence-electron chi connectivity index (χ3n) is 4.32. The lowest BCUT2D eigenvalue weighted by Crippen LogP contribution is -2.48. The molecule has 0 saturated carbocycles. The largest absolute Gasteiger partial charge is 0.344 e. The molecule has 29 heavy (non-hydrogen) atoms. The minimum absolute atomic E-state index is 0.0125. The number of carbonyl (C=O) groups is 4. The van der Waals surface area contributed by atoms with E-state index < -0.39 is 23.4 Å². The highest BCUT2D eigenvalue weighted by Gasteiger charge is 2.49. The third kappa shape index (κ3) is 4.57. The summed E-state index contributed by atoms with van der Waals surface area (Å²) < 4.78 is 0. The molecule has 0 bridgehead atoms. The minimum atomic E-state index is -1.24. The Balaban J connectivity index is 1.58. The summed E-state index contributed by atoms with van der Waals surface area (Å²) >= 11 is 1.24. The van der Waals surface area contributed by atoms with Gasteiger partial charge in [-0.15, -0.1) is 11.8 Å². The second-order valence-electron chi connectivity index (χ2n) is 6.59. The van der Waals surface area contributed by atoms with E-state index in [1.807, 2.05) is 6.07 Å². The molecule has 0 aromatic heterocycles. The highest BCUT2D eigenvalue weighted by Crippen LogP contribution is 2.27. The Morgan fingerprint density at radius 3 is 2.34 bits per heavy atom. The van der Waals surface area contributed by atoms with Crippen LogP contribution in [0, 0.1) is 0 Å². The number of nitrogens with zero attached hydrogens (tertiary/aromatic N) is 1. The van der Waals surface area contributed by atoms with Crippen LogP contribution in [0.2, 0.25) is 0 Å². The molecule has 8 nitrogen and oxygen atoms in total. The molecule has 1 fully saturated rings. The fourth-order valence-electron chi connectivity index (χ4n) is 2.85. The lowest BCUT2D eigenvalue weighted by Gasteiger charge is -2.22. The summed E-state index contributed by atoms with van der Waals surface area (Å²) in [5, 5.41) is 6.01. The van der Waals surface area contributed by atoms with E-state index in [0.717, 1.165) is 9.90 Å². The number of amides is 5. The first-order chi connectivity index (χ1) is 13.8. The average Bonchev–Trinajstić information content (AvgIpc) is 2.92. The fraction of sp³-hybridized carbons (Fsp3) is 0.200. The number of nitrogens with one attached hydrogen (secondary N) is 3. The van der Waals surface area contributed by atoms with Crippen LogP contribution >= 0.6 is 11.8 Å². The van der Waals surface area contributed by atoms with E-state index >= 15 is 0 Å². The van der Waals surface area contributed by atoms with E-state index in [2.05, 4.69) is 16.1 Å². The van der Waals surface area contributed by atoms with Gasteiger partial charge in [0.05, 0.1) is 5.75 Å². The highest BCUT2D eigenvalue weighted by atomic mass is 32.2. The van der Waals surface area contributed by atoms with Gasteiger partial charge >= 0.3 is 6.03 Å². The van der Waals surface area contributed by atoms with Gasteiger partial charge in [-0.3, -0.25) is 19.8 Å². The summed E-state index contributed by atoms with van der Waals surface area (Å²) in [6.45, 7) is 3.02. The van der Waals surface area contributed by atoms with Gasteiger partial charge < -0.3 is 10.6 Å². The van der Waals surface area contributed by atoms with Crippen molar-refractivity contribution in [3.8, 4) is 0 Å². The molecule has 1 atom stereocenters. The summed E-state index contributed by atoms with van der Waals surface area (Å²) in [6, 6.07) is 15.1. The quantitative estimate of drug-likeness (QED) is 0.498. The molecule has 1 aliphatic rings. The third-order valence-corrected chi connectivity index (χ3v) is 5.34. The zero-order valence-electron chi connectivity index (χ0n) is 15.9. The SMILES string of the molecule is CC(=O)Nc1ccc(SCC(=O)NN2C(=O)N[C@@](C)(c3ccccc3)C2=O)cc1. The molecule has 1 aliphatic heterocycles. The van der Waals surface area contributed by atoms with E-state index in [9.17, 15) is 19.2 Å². The molecule has 9 heteroatoms. The summed E-state index contributed by atoms with van der Waals surface area (Å²) in [5.41, 5.74) is 2.41. The molecule has 0 aliphatic carbocycles. The average molecular weight is 412 g/mol. The molecule has 0 unspecified atom stereocenters. The van der Waals surface area contributed by atoms with E-state index in [4.69, 9.17) is 0 Å². The molecular formula is C20H20N4O4S. The maximum Gasteiger partial charge on any atom is 0.344 e. The van der Waals surface area contributed by atoms with E-state index in [0.29, 0.717) is 11.3 Å². The van der Waals surface area contributed by atoms with Gasteiger partial charge in [-0.25, -0.2) is 4.79 Å². The van der Waals surface area contributed by atoms with Crippen LogP contribution in [0.3, 0.4) is 0 Å². The number of benzene rings is 2. The first kappa shape index (κ1) is 20.4. The van der Waals surface area contributed by atoms with Gasteiger partial charge in [0, 0.05) is 17.5 Å². The lowest BCUT2D eigenvalue weighted by molar-refractivity contribution is -0.138. The number of rotatable bonds is 6. The van der Waals surface area contributed by atoms with Crippen LogP contribution in [0.15, 0.2) is 59.5 Å². The van der Waals surface area contributed by atoms with Crippen molar-refractivity contribution < 1.29 is 19.2 Å². The smallest absolute Gasteiger partial charge is 0.326 e. The maximum absolute atomic E-state index is 12.8. The molecule has 2 aromatic rings. The molecule has 3 rings (SSSR count). The number of hydrogen-bond donors (Lipinski definition) is 3. The monoisotopic (exact) mass is 412 g/mol. The predicted octanol–water partition coefficient (Wildman–Crippen LogP) is 2.24. The van der Waals surface area contributed by atoms with Crippen LogP contribution in [-0.2, 0) is 19.9 Å². The van der Waals surface area contributed by atoms with Crippen LogP contribution in [0.5, 0.6) is 0 Å². The van der Waals surface area contributed by atoms with E-state index in [-0.39, 0.29) is 11.7 Å². The number of imide groups is 1. The molecule has 1 heterocycles. The molecule has 0 spiro atoms. The molecule has 5 amide bonds. The summed E-state index contributed by atoms with van der Waals surface area (Å²) in [5.74, 6) is -1.19. The second-order valence-corrected chi connectivity index (χ2v) is 7.64. The van der Waals surface area contributed by atoms with Gasteiger partial charge in [0.1, 0.15) is 5.54 Å². The number of thioether (sulfide) groups is 1. The van der Waals surface area contributed by atoms with Crippen molar-refractivity contribution >= 4 is 41.2 Å². The van der Waals surface area contributed by atoms with Crippen molar-refractivity contribution in [2.75, 3.05) is 11.1 Å². The van der Waals surface area contributed by atoms with Crippen molar-refractivity contribution in [1.29, 1.82) is 0 Å². The lowest BCUT2D eigenvalue weighted by atomic mass is 9.92. The standard InChI is InChI=1S/C20H20N4O4S/c1-13(25)21-15-8-10-16(11-9-15)29-12-17(26)23-24-18(27)20(2,22-19(24)28)14-6-4-3-5-7-14/h3-11H,12H2,1-2H3,(H,21,25)(H,22,28)(H,23,26)/t20-/m0/s1. The van der Waals surface area contributed by atoms with Crippen molar-refractivity contribution in [2.24, 2.45) is 0 Å². The van der Waals surface area contributed by atoms with Gasteiger partial charge in [0.15, 0.2) is 0 Å². The highest BCUT2D eigenvalue weighted by molar-refractivity contribution is 8.00. The predicted molar refractivity (Wildman–Crippen MR) is 109 cm³/mol. The van der Waals surface area contributed by atoms with Crippen molar-refractivity contribution in [3.05, 3.63) is 60.2 Å². The molecule has 150 valence electrons. The maximum atomic E-state index is 12.8. The Labute approximate surface area is 172 Å². The Kier molecular flexibility index (Phi) is 5.88. The van der Waals surface area contributed by atoms with Gasteiger partial charge in [-0.2, -0.15) is 5.01 Å². The van der Waals surface area contributed by atoms with Gasteiger partial charge in [-0.1, -0.05) is 30.3 Å². The van der Waals surface area contributed by atoms with Crippen LogP contribution < -0.4 is 16.1 Å². The summed E-state index contributed by atoms with van der Waals surface area (Å²) in [4.78, 5) is 49.1. The van der Waals surface area contributed by atoms with Crippen LogP contribution in [0.1, 0.15) is 19.4 Å². The normalized spacial score (nSPS) is 18.3. The molecule has 2 aromatic carbocycles. The molecule has 0 radical (unpaired) electrons. The first-order valence-corrected chi connectivity index (χ1v) is 9.80. The van der Waals surface area contributed by atoms with Gasteiger partial charge in [0.2, 0.25) is 11.8 Å². The summed E-state index contributed by atoms with van der Waals surface area (Å²) in [6.07, 6.45) is 0. The minimum Gasteiger partial charge on any atom is -0.326 e.